The molecule has 20 heavy (non-hydrogen) atoms. The van der Waals surface area contributed by atoms with Crippen LogP contribution in [0, 0.1) is 12.8 Å². The first-order valence-corrected chi connectivity index (χ1v) is 8.07. The molecule has 1 fully saturated rings. The van der Waals surface area contributed by atoms with Crippen LogP contribution in [0.3, 0.4) is 0 Å². The van der Waals surface area contributed by atoms with Crippen LogP contribution in [-0.4, -0.2) is 24.1 Å². The van der Waals surface area contributed by atoms with Gasteiger partial charge >= 0.3 is 0 Å². The van der Waals surface area contributed by atoms with E-state index >= 15 is 0 Å². The molecule has 1 heterocycles. The molecule has 1 atom stereocenters. The predicted molar refractivity (Wildman–Crippen MR) is 86.2 cm³/mol. The Morgan fingerprint density at radius 3 is 2.75 bits per heavy atom. The number of hydrogen-bond donors (Lipinski definition) is 1. The molecule has 1 aliphatic rings. The number of pyridine rings is 1. The fourth-order valence-corrected chi connectivity index (χ4v) is 2.45. The van der Waals surface area contributed by atoms with Gasteiger partial charge in [0, 0.05) is 48.8 Å². The van der Waals surface area contributed by atoms with Gasteiger partial charge in [-0.15, -0.1) is 0 Å². The monoisotopic (exact) mass is 275 g/mol. The van der Waals surface area contributed by atoms with Crippen LogP contribution in [0.4, 0.5) is 5.69 Å². The number of anilines is 1. The molecule has 1 aromatic heterocycles. The molecule has 1 aromatic rings. The van der Waals surface area contributed by atoms with E-state index < -0.39 is 0 Å². The van der Waals surface area contributed by atoms with E-state index in [9.17, 15) is 0 Å². The van der Waals surface area contributed by atoms with Gasteiger partial charge in [-0.05, 0) is 38.7 Å². The van der Waals surface area contributed by atoms with Crippen molar-refractivity contribution in [3.63, 3.8) is 0 Å². The lowest BCUT2D eigenvalue weighted by Crippen LogP contribution is -2.30. The Balaban J connectivity index is 2.14. The molecule has 3 nitrogen and oxygen atoms in total. The molecule has 1 saturated carbocycles. The van der Waals surface area contributed by atoms with Gasteiger partial charge in [0.2, 0.25) is 0 Å². The number of hydrogen-bond acceptors (Lipinski definition) is 3. The zero-order chi connectivity index (χ0) is 14.5. The van der Waals surface area contributed by atoms with Crippen LogP contribution in [0.5, 0.6) is 0 Å². The summed E-state index contributed by atoms with van der Waals surface area (Å²) in [4.78, 5) is 6.99. The summed E-state index contributed by atoms with van der Waals surface area (Å²) in [5, 5.41) is 3.61. The van der Waals surface area contributed by atoms with Crippen molar-refractivity contribution in [3.8, 4) is 0 Å². The highest BCUT2D eigenvalue weighted by atomic mass is 15.1. The van der Waals surface area contributed by atoms with Crippen LogP contribution in [0.25, 0.3) is 0 Å². The summed E-state index contributed by atoms with van der Waals surface area (Å²) in [6, 6.07) is 2.99. The summed E-state index contributed by atoms with van der Waals surface area (Å²) >= 11 is 0. The second-order valence-corrected chi connectivity index (χ2v) is 6.16. The molecule has 0 spiro atoms. The maximum absolute atomic E-state index is 4.49. The quantitative estimate of drug-likeness (QED) is 0.787. The third kappa shape index (κ3) is 4.20. The normalized spacial score (nSPS) is 16.2. The first-order valence-electron chi connectivity index (χ1n) is 8.07. The van der Waals surface area contributed by atoms with Crippen molar-refractivity contribution in [2.75, 3.05) is 18.0 Å². The van der Waals surface area contributed by atoms with E-state index in [1.54, 1.807) is 0 Å². The van der Waals surface area contributed by atoms with Gasteiger partial charge in [0.1, 0.15) is 0 Å². The second-order valence-electron chi connectivity index (χ2n) is 6.16. The maximum Gasteiger partial charge on any atom is 0.0445 e. The molecule has 2 rings (SSSR count). The van der Waals surface area contributed by atoms with E-state index in [1.165, 1.54) is 30.5 Å². The van der Waals surface area contributed by atoms with Gasteiger partial charge in [-0.2, -0.15) is 0 Å². The number of aryl methyl sites for hydroxylation is 1. The molecule has 0 amide bonds. The van der Waals surface area contributed by atoms with E-state index in [-0.39, 0.29) is 0 Å². The molecule has 1 N–H and O–H groups in total. The summed E-state index contributed by atoms with van der Waals surface area (Å²) in [7, 11) is 0. The van der Waals surface area contributed by atoms with Gasteiger partial charge in [0.25, 0.3) is 0 Å². The molecule has 1 aliphatic carbocycles. The van der Waals surface area contributed by atoms with Gasteiger partial charge in [0.15, 0.2) is 0 Å². The first kappa shape index (κ1) is 15.3. The SMILES string of the molecule is CCC(C)CN(CC)c1cc(C)ncc1CNC1CC1. The lowest BCUT2D eigenvalue weighted by atomic mass is 10.1. The zero-order valence-corrected chi connectivity index (χ0v) is 13.4. The predicted octanol–water partition coefficient (Wildman–Crippen LogP) is 3.51. The molecule has 0 radical (unpaired) electrons. The Morgan fingerprint density at radius 2 is 2.15 bits per heavy atom. The van der Waals surface area contributed by atoms with Gasteiger partial charge in [-0.3, -0.25) is 4.98 Å². The molecule has 0 bridgehead atoms. The van der Waals surface area contributed by atoms with E-state index in [0.717, 1.165) is 37.3 Å². The Bertz CT molecular complexity index is 426. The lowest BCUT2D eigenvalue weighted by molar-refractivity contribution is 0.546. The summed E-state index contributed by atoms with van der Waals surface area (Å²) in [5.74, 6) is 0.729. The Morgan fingerprint density at radius 1 is 1.40 bits per heavy atom. The number of nitrogens with zero attached hydrogens (tertiary/aromatic N) is 2. The van der Waals surface area contributed by atoms with E-state index in [0.29, 0.717) is 0 Å². The van der Waals surface area contributed by atoms with Crippen LogP contribution in [-0.2, 0) is 6.54 Å². The molecular formula is C17H29N3. The van der Waals surface area contributed by atoms with Crippen LogP contribution >= 0.6 is 0 Å². The summed E-state index contributed by atoms with van der Waals surface area (Å²) < 4.78 is 0. The van der Waals surface area contributed by atoms with E-state index in [1.807, 2.05) is 0 Å². The van der Waals surface area contributed by atoms with E-state index in [4.69, 9.17) is 0 Å². The number of nitrogens with one attached hydrogen (secondary N) is 1. The molecule has 0 aromatic carbocycles. The molecule has 1 unspecified atom stereocenters. The van der Waals surface area contributed by atoms with Crippen molar-refractivity contribution in [1.82, 2.24) is 10.3 Å². The van der Waals surface area contributed by atoms with Gasteiger partial charge in [-0.1, -0.05) is 20.3 Å². The van der Waals surface area contributed by atoms with Gasteiger partial charge < -0.3 is 10.2 Å². The average Bonchev–Trinajstić information content (AvgIpc) is 3.27. The Labute approximate surface area is 123 Å². The van der Waals surface area contributed by atoms with Crippen LogP contribution in [0.15, 0.2) is 12.3 Å². The number of rotatable bonds is 8. The highest BCUT2D eigenvalue weighted by Crippen LogP contribution is 2.25. The summed E-state index contributed by atoms with van der Waals surface area (Å²) in [6.45, 7) is 12.1. The first-order chi connectivity index (χ1) is 9.63. The van der Waals surface area contributed by atoms with Crippen molar-refractivity contribution in [1.29, 1.82) is 0 Å². The highest BCUT2D eigenvalue weighted by molar-refractivity contribution is 5.53. The summed E-state index contributed by atoms with van der Waals surface area (Å²) in [5.41, 5.74) is 3.82. The van der Waals surface area contributed by atoms with Gasteiger partial charge in [0.05, 0.1) is 0 Å². The molecule has 112 valence electrons. The third-order valence-electron chi connectivity index (χ3n) is 4.21. The van der Waals surface area contributed by atoms with Crippen LogP contribution < -0.4 is 10.2 Å². The molecule has 0 aliphatic heterocycles. The summed E-state index contributed by atoms with van der Waals surface area (Å²) in [6.07, 6.45) is 5.95. The standard InChI is InChI=1S/C17H29N3/c1-5-13(3)12-20(6-2)17-9-14(4)18-10-15(17)11-19-16-7-8-16/h9-10,13,16,19H,5-8,11-12H2,1-4H3. The maximum atomic E-state index is 4.49. The van der Waals surface area contributed by atoms with Crippen molar-refractivity contribution >= 4 is 5.69 Å². The van der Waals surface area contributed by atoms with Gasteiger partial charge in [-0.25, -0.2) is 0 Å². The minimum Gasteiger partial charge on any atom is -0.371 e. The fraction of sp³-hybridized carbons (Fsp3) is 0.706. The van der Waals surface area contributed by atoms with Crippen LogP contribution in [0.1, 0.15) is 51.3 Å². The van der Waals surface area contributed by atoms with Crippen molar-refractivity contribution < 1.29 is 0 Å². The van der Waals surface area contributed by atoms with Crippen molar-refractivity contribution in [2.45, 2.75) is 59.5 Å². The fourth-order valence-electron chi connectivity index (χ4n) is 2.45. The largest absolute Gasteiger partial charge is 0.371 e. The second kappa shape index (κ2) is 7.07. The Kier molecular flexibility index (Phi) is 5.41. The smallest absolute Gasteiger partial charge is 0.0445 e. The molecular weight excluding hydrogens is 246 g/mol. The minimum atomic E-state index is 0.729. The van der Waals surface area contributed by atoms with Crippen molar-refractivity contribution in [3.05, 3.63) is 23.5 Å². The lowest BCUT2D eigenvalue weighted by Gasteiger charge is -2.28. The minimum absolute atomic E-state index is 0.729. The van der Waals surface area contributed by atoms with E-state index in [2.05, 4.69) is 55.2 Å². The molecule has 3 heteroatoms. The highest BCUT2D eigenvalue weighted by Gasteiger charge is 2.21. The van der Waals surface area contributed by atoms with Crippen LogP contribution in [0.2, 0.25) is 0 Å². The number of aromatic nitrogens is 1. The topological polar surface area (TPSA) is 28.2 Å². The Hall–Kier alpha value is -1.09. The molecule has 0 saturated heterocycles. The zero-order valence-electron chi connectivity index (χ0n) is 13.4. The van der Waals surface area contributed by atoms with Crippen molar-refractivity contribution in [2.24, 2.45) is 5.92 Å². The third-order valence-corrected chi connectivity index (χ3v) is 4.21. The average molecular weight is 275 g/mol.